The van der Waals surface area contributed by atoms with Crippen LogP contribution in [0.25, 0.3) is 0 Å². The van der Waals surface area contributed by atoms with Gasteiger partial charge in [-0.3, -0.25) is 9.78 Å². The average molecular weight is 516 g/mol. The minimum atomic E-state index is -1.21. The van der Waals surface area contributed by atoms with Crippen LogP contribution in [-0.4, -0.2) is 63.7 Å². The van der Waals surface area contributed by atoms with Crippen LogP contribution in [0.15, 0.2) is 42.6 Å². The Bertz CT molecular complexity index is 1140. The van der Waals surface area contributed by atoms with E-state index in [9.17, 15) is 23.5 Å². The van der Waals surface area contributed by atoms with Crippen LogP contribution in [0.5, 0.6) is 0 Å². The molecule has 9 heteroatoms. The Labute approximate surface area is 216 Å². The molecule has 1 aromatic heterocycles. The molecular formula is C28H35F2N3O4. The van der Waals surface area contributed by atoms with E-state index in [-0.39, 0.29) is 49.5 Å². The second-order valence-electron chi connectivity index (χ2n) is 11.3. The number of carbonyl (C=O) groups is 2. The summed E-state index contributed by atoms with van der Waals surface area (Å²) in [5.74, 6) is -3.74. The Hall–Kier alpha value is -3.07. The molecule has 0 radical (unpaired) electrons. The molecule has 5 atom stereocenters. The summed E-state index contributed by atoms with van der Waals surface area (Å²) in [5.41, 5.74) is -1.19. The molecule has 0 spiro atoms. The van der Waals surface area contributed by atoms with Gasteiger partial charge in [0.05, 0.1) is 11.6 Å². The molecule has 0 saturated carbocycles. The number of carbonyl (C=O) groups excluding carboxylic acids is 2. The molecule has 2 aliphatic rings. The fourth-order valence-corrected chi connectivity index (χ4v) is 5.67. The maximum atomic E-state index is 14.9. The summed E-state index contributed by atoms with van der Waals surface area (Å²) in [7, 11) is 0. The molecule has 2 amide bonds. The highest BCUT2D eigenvalue weighted by atomic mass is 19.1. The number of likely N-dealkylation sites (tertiary alicyclic amines) is 2. The molecule has 0 bridgehead atoms. The topological polar surface area (TPSA) is 83.0 Å². The van der Waals surface area contributed by atoms with Gasteiger partial charge in [0.1, 0.15) is 22.8 Å². The van der Waals surface area contributed by atoms with Gasteiger partial charge < -0.3 is 19.6 Å². The van der Waals surface area contributed by atoms with E-state index in [1.807, 2.05) is 19.9 Å². The van der Waals surface area contributed by atoms with Gasteiger partial charge in [0, 0.05) is 56.2 Å². The first-order valence-corrected chi connectivity index (χ1v) is 12.7. The summed E-state index contributed by atoms with van der Waals surface area (Å²) >= 11 is 0. The first-order valence-electron chi connectivity index (χ1n) is 12.7. The molecule has 1 N–H and O–H groups in total. The van der Waals surface area contributed by atoms with Crippen LogP contribution in [0.1, 0.15) is 51.8 Å². The monoisotopic (exact) mass is 515 g/mol. The Balaban J connectivity index is 1.60. The van der Waals surface area contributed by atoms with Gasteiger partial charge in [-0.05, 0) is 44.5 Å². The van der Waals surface area contributed by atoms with Crippen molar-refractivity contribution >= 4 is 12.0 Å². The Morgan fingerprint density at radius 2 is 1.70 bits per heavy atom. The van der Waals surface area contributed by atoms with Gasteiger partial charge in [-0.25, -0.2) is 13.6 Å². The van der Waals surface area contributed by atoms with Crippen molar-refractivity contribution in [2.45, 2.75) is 51.7 Å². The summed E-state index contributed by atoms with van der Waals surface area (Å²) in [6.07, 6.45) is 1.05. The molecule has 2 saturated heterocycles. The van der Waals surface area contributed by atoms with Gasteiger partial charge in [0.15, 0.2) is 0 Å². The number of aliphatic hydroxyl groups is 1. The quantitative estimate of drug-likeness (QED) is 0.659. The van der Waals surface area contributed by atoms with Gasteiger partial charge >= 0.3 is 6.09 Å². The molecule has 3 heterocycles. The minimum absolute atomic E-state index is 0.0546. The molecule has 37 heavy (non-hydrogen) atoms. The van der Waals surface area contributed by atoms with Crippen molar-refractivity contribution in [3.05, 3.63) is 65.5 Å². The van der Waals surface area contributed by atoms with Crippen LogP contribution in [0.3, 0.4) is 0 Å². The third-order valence-electron chi connectivity index (χ3n) is 7.53. The second kappa shape index (κ2) is 10.0. The molecule has 200 valence electrons. The normalized spacial score (nSPS) is 28.3. The maximum Gasteiger partial charge on any atom is 0.410 e. The third kappa shape index (κ3) is 5.32. The number of amides is 2. The van der Waals surface area contributed by atoms with Crippen molar-refractivity contribution in [1.29, 1.82) is 0 Å². The van der Waals surface area contributed by atoms with E-state index in [0.717, 1.165) is 12.1 Å². The Morgan fingerprint density at radius 1 is 1.03 bits per heavy atom. The molecule has 4 rings (SSSR count). The zero-order chi connectivity index (χ0) is 27.1. The number of rotatable bonds is 3. The number of hydrogen-bond acceptors (Lipinski definition) is 5. The van der Waals surface area contributed by atoms with E-state index in [1.165, 1.54) is 11.0 Å². The second-order valence-corrected chi connectivity index (χ2v) is 11.3. The highest BCUT2D eigenvalue weighted by molar-refractivity contribution is 5.82. The predicted molar refractivity (Wildman–Crippen MR) is 133 cm³/mol. The van der Waals surface area contributed by atoms with E-state index < -0.39 is 40.8 Å². The Morgan fingerprint density at radius 3 is 2.27 bits per heavy atom. The SMILES string of the molecule is C[C@@H]1CN(C(=O)[C@@H]2CN(C(=O)OC(C)(C)C)C[C@H]2c2ccc(F)cc2F)C[C@H](C)C1(O)c1ccccn1. The average Bonchev–Trinajstić information content (AvgIpc) is 3.26. The number of benzene rings is 1. The predicted octanol–water partition coefficient (Wildman–Crippen LogP) is 4.31. The number of pyridine rings is 1. The number of hydrogen-bond donors (Lipinski definition) is 1. The van der Waals surface area contributed by atoms with Crippen LogP contribution in [0, 0.1) is 29.4 Å². The number of halogens is 2. The fourth-order valence-electron chi connectivity index (χ4n) is 5.67. The minimum Gasteiger partial charge on any atom is -0.444 e. The lowest BCUT2D eigenvalue weighted by Gasteiger charge is -2.48. The molecule has 1 aromatic carbocycles. The highest BCUT2D eigenvalue weighted by Gasteiger charge is 2.50. The van der Waals surface area contributed by atoms with Crippen molar-refractivity contribution in [2.24, 2.45) is 17.8 Å². The lowest BCUT2D eigenvalue weighted by molar-refractivity contribution is -0.153. The number of piperidine rings is 1. The van der Waals surface area contributed by atoms with Crippen LogP contribution in [-0.2, 0) is 15.1 Å². The van der Waals surface area contributed by atoms with Crippen molar-refractivity contribution in [3.8, 4) is 0 Å². The zero-order valence-corrected chi connectivity index (χ0v) is 21.9. The van der Waals surface area contributed by atoms with E-state index in [4.69, 9.17) is 4.74 Å². The van der Waals surface area contributed by atoms with E-state index in [1.54, 1.807) is 44.0 Å². The smallest absolute Gasteiger partial charge is 0.410 e. The van der Waals surface area contributed by atoms with E-state index in [0.29, 0.717) is 5.69 Å². The molecule has 1 unspecified atom stereocenters. The first-order chi connectivity index (χ1) is 17.3. The van der Waals surface area contributed by atoms with Crippen LogP contribution >= 0.6 is 0 Å². The molecule has 7 nitrogen and oxygen atoms in total. The largest absolute Gasteiger partial charge is 0.444 e. The first kappa shape index (κ1) is 27.0. The van der Waals surface area contributed by atoms with Gasteiger partial charge in [-0.2, -0.15) is 0 Å². The zero-order valence-electron chi connectivity index (χ0n) is 21.9. The van der Waals surface area contributed by atoms with Crippen molar-refractivity contribution in [1.82, 2.24) is 14.8 Å². The molecule has 2 aromatic rings. The van der Waals surface area contributed by atoms with Crippen LogP contribution in [0.2, 0.25) is 0 Å². The molecule has 2 aliphatic heterocycles. The number of ether oxygens (including phenoxy) is 1. The summed E-state index contributed by atoms with van der Waals surface area (Å²) in [6, 6.07) is 8.69. The van der Waals surface area contributed by atoms with Crippen LogP contribution < -0.4 is 0 Å². The maximum absolute atomic E-state index is 14.9. The van der Waals surface area contributed by atoms with Gasteiger partial charge in [-0.15, -0.1) is 0 Å². The van der Waals surface area contributed by atoms with Gasteiger partial charge in [0.2, 0.25) is 5.91 Å². The molecule has 2 fully saturated rings. The summed E-state index contributed by atoms with van der Waals surface area (Å²) in [6.45, 7) is 9.69. The summed E-state index contributed by atoms with van der Waals surface area (Å²) in [5, 5.41) is 11.6. The van der Waals surface area contributed by atoms with E-state index in [2.05, 4.69) is 4.98 Å². The van der Waals surface area contributed by atoms with Crippen molar-refractivity contribution in [3.63, 3.8) is 0 Å². The van der Waals surface area contributed by atoms with Gasteiger partial charge in [-0.1, -0.05) is 26.0 Å². The molecular weight excluding hydrogens is 480 g/mol. The number of nitrogens with zero attached hydrogens (tertiary/aromatic N) is 3. The number of aromatic nitrogens is 1. The summed E-state index contributed by atoms with van der Waals surface area (Å²) in [4.78, 5) is 34.2. The third-order valence-corrected chi connectivity index (χ3v) is 7.53. The summed E-state index contributed by atoms with van der Waals surface area (Å²) < 4.78 is 34.0. The lowest BCUT2D eigenvalue weighted by Crippen LogP contribution is -2.57. The van der Waals surface area contributed by atoms with E-state index >= 15 is 0 Å². The fraction of sp³-hybridized carbons (Fsp3) is 0.536. The van der Waals surface area contributed by atoms with Crippen molar-refractivity contribution in [2.75, 3.05) is 26.2 Å². The van der Waals surface area contributed by atoms with Gasteiger partial charge in [0.25, 0.3) is 0 Å². The highest BCUT2D eigenvalue weighted by Crippen LogP contribution is 2.42. The standard InChI is InChI=1S/C28H35F2N3O4/c1-17-13-32(14-18(2)28(17,36)24-8-6-7-11-31-24)25(34)22-16-33(26(35)37-27(3,4)5)15-21(22)20-10-9-19(29)12-23(20)30/h6-12,17-18,21-22,36H,13-16H2,1-5H3/t17-,18+,21-,22+,28?/m0/s1. The van der Waals surface area contributed by atoms with Crippen molar-refractivity contribution < 1.29 is 28.2 Å². The Kier molecular flexibility index (Phi) is 7.29. The lowest BCUT2D eigenvalue weighted by atomic mass is 9.72. The van der Waals surface area contributed by atoms with Crippen LogP contribution in [0.4, 0.5) is 13.6 Å². The molecule has 0 aliphatic carbocycles.